The highest BCUT2D eigenvalue weighted by Gasteiger charge is 2.14. The first-order chi connectivity index (χ1) is 9.61. The molecule has 0 spiro atoms. The van der Waals surface area contributed by atoms with Crippen LogP contribution in [0.3, 0.4) is 0 Å². The van der Waals surface area contributed by atoms with E-state index in [0.29, 0.717) is 12.1 Å². The molecule has 7 heteroatoms. The Hall–Kier alpha value is -2.70. The van der Waals surface area contributed by atoms with Gasteiger partial charge in [0.2, 0.25) is 0 Å². The standard InChI is InChI=1S/C13H15N5O2/c1-14-12(19)10-5-3-9(4-6-10)8-18(2)13(20)11-7-15-17-16-11/h3-7H,8H2,1-2H3,(H,14,19)(H,15,16,17). The van der Waals surface area contributed by atoms with Crippen molar-refractivity contribution >= 4 is 11.8 Å². The number of benzene rings is 1. The molecule has 2 N–H and O–H groups in total. The molecule has 0 aliphatic heterocycles. The molecule has 7 nitrogen and oxygen atoms in total. The van der Waals surface area contributed by atoms with E-state index < -0.39 is 0 Å². The number of carbonyl (C=O) groups is 2. The number of aromatic amines is 1. The summed E-state index contributed by atoms with van der Waals surface area (Å²) in [5.74, 6) is -0.349. The van der Waals surface area contributed by atoms with Gasteiger partial charge in [-0.15, -0.1) is 0 Å². The second-order valence-electron chi connectivity index (χ2n) is 4.29. The normalized spacial score (nSPS) is 10.1. The van der Waals surface area contributed by atoms with Crippen molar-refractivity contribution in [2.24, 2.45) is 0 Å². The predicted molar refractivity (Wildman–Crippen MR) is 72.0 cm³/mol. The van der Waals surface area contributed by atoms with E-state index in [1.54, 1.807) is 26.2 Å². The SMILES string of the molecule is CNC(=O)c1ccc(CN(C)C(=O)c2cn[nH]n2)cc1. The van der Waals surface area contributed by atoms with Crippen molar-refractivity contribution < 1.29 is 9.59 Å². The lowest BCUT2D eigenvalue weighted by atomic mass is 10.1. The van der Waals surface area contributed by atoms with Gasteiger partial charge in [0.15, 0.2) is 5.69 Å². The summed E-state index contributed by atoms with van der Waals surface area (Å²) in [5, 5.41) is 12.3. The van der Waals surface area contributed by atoms with E-state index in [4.69, 9.17) is 0 Å². The maximum absolute atomic E-state index is 12.0. The van der Waals surface area contributed by atoms with Gasteiger partial charge in [-0.1, -0.05) is 12.1 Å². The smallest absolute Gasteiger partial charge is 0.276 e. The van der Waals surface area contributed by atoms with Crippen LogP contribution < -0.4 is 5.32 Å². The fraction of sp³-hybridized carbons (Fsp3) is 0.231. The first kappa shape index (κ1) is 13.7. The van der Waals surface area contributed by atoms with Gasteiger partial charge in [-0.2, -0.15) is 15.4 Å². The molecule has 0 saturated heterocycles. The third-order valence-corrected chi connectivity index (χ3v) is 2.84. The van der Waals surface area contributed by atoms with Crippen LogP contribution in [0.15, 0.2) is 30.5 Å². The van der Waals surface area contributed by atoms with Crippen LogP contribution in [0.5, 0.6) is 0 Å². The summed E-state index contributed by atoms with van der Waals surface area (Å²) >= 11 is 0. The van der Waals surface area contributed by atoms with E-state index in [1.165, 1.54) is 11.1 Å². The molecule has 2 rings (SSSR count). The highest BCUT2D eigenvalue weighted by atomic mass is 16.2. The summed E-state index contributed by atoms with van der Waals surface area (Å²) in [4.78, 5) is 24.9. The van der Waals surface area contributed by atoms with Crippen molar-refractivity contribution in [1.82, 2.24) is 25.6 Å². The number of rotatable bonds is 4. The predicted octanol–water partition coefficient (Wildman–Crippen LogP) is 0.436. The average molecular weight is 273 g/mol. The monoisotopic (exact) mass is 273 g/mol. The van der Waals surface area contributed by atoms with Gasteiger partial charge in [-0.05, 0) is 17.7 Å². The fourth-order valence-electron chi connectivity index (χ4n) is 1.75. The molecule has 0 aliphatic carbocycles. The quantitative estimate of drug-likeness (QED) is 0.845. The molecule has 0 aliphatic rings. The first-order valence-corrected chi connectivity index (χ1v) is 6.04. The van der Waals surface area contributed by atoms with E-state index in [2.05, 4.69) is 20.7 Å². The largest absolute Gasteiger partial charge is 0.355 e. The number of H-pyrrole nitrogens is 1. The van der Waals surface area contributed by atoms with Crippen LogP contribution in [-0.2, 0) is 6.54 Å². The number of hydrogen-bond acceptors (Lipinski definition) is 4. The molecule has 0 fully saturated rings. The summed E-state index contributed by atoms with van der Waals surface area (Å²) in [6.45, 7) is 0.430. The Morgan fingerprint density at radius 2 is 2.00 bits per heavy atom. The van der Waals surface area contributed by atoms with E-state index >= 15 is 0 Å². The van der Waals surface area contributed by atoms with Crippen molar-refractivity contribution in [2.45, 2.75) is 6.54 Å². The van der Waals surface area contributed by atoms with Crippen LogP contribution in [0.4, 0.5) is 0 Å². The molecule has 0 saturated carbocycles. The number of hydrogen-bond donors (Lipinski definition) is 2. The molecule has 1 aromatic carbocycles. The number of nitrogens with zero attached hydrogens (tertiary/aromatic N) is 3. The summed E-state index contributed by atoms with van der Waals surface area (Å²) in [7, 11) is 3.27. The van der Waals surface area contributed by atoms with E-state index in [9.17, 15) is 9.59 Å². The second kappa shape index (κ2) is 5.96. The fourth-order valence-corrected chi connectivity index (χ4v) is 1.75. The Morgan fingerprint density at radius 1 is 1.30 bits per heavy atom. The minimum Gasteiger partial charge on any atom is -0.355 e. The van der Waals surface area contributed by atoms with Crippen molar-refractivity contribution in [2.75, 3.05) is 14.1 Å². The Morgan fingerprint density at radius 3 is 2.55 bits per heavy atom. The van der Waals surface area contributed by atoms with Gasteiger partial charge >= 0.3 is 0 Å². The molecule has 0 radical (unpaired) electrons. The van der Waals surface area contributed by atoms with Crippen LogP contribution in [-0.4, -0.2) is 46.2 Å². The van der Waals surface area contributed by atoms with Gasteiger partial charge in [-0.25, -0.2) is 0 Å². The minimum atomic E-state index is -0.214. The Kier molecular flexibility index (Phi) is 4.09. The number of amides is 2. The maximum atomic E-state index is 12.0. The lowest BCUT2D eigenvalue weighted by Crippen LogP contribution is -2.26. The third kappa shape index (κ3) is 3.00. The molecule has 20 heavy (non-hydrogen) atoms. The Bertz CT molecular complexity index is 592. The van der Waals surface area contributed by atoms with Crippen LogP contribution in [0, 0.1) is 0 Å². The molecule has 104 valence electrons. The van der Waals surface area contributed by atoms with Crippen LogP contribution in [0.2, 0.25) is 0 Å². The number of aromatic nitrogens is 3. The lowest BCUT2D eigenvalue weighted by molar-refractivity contribution is 0.0778. The zero-order valence-corrected chi connectivity index (χ0v) is 11.3. The van der Waals surface area contributed by atoms with Gasteiger partial charge in [0, 0.05) is 26.2 Å². The zero-order chi connectivity index (χ0) is 14.5. The Balaban J connectivity index is 2.03. The number of carbonyl (C=O) groups excluding carboxylic acids is 2. The first-order valence-electron chi connectivity index (χ1n) is 6.04. The zero-order valence-electron chi connectivity index (χ0n) is 11.3. The van der Waals surface area contributed by atoms with Crippen LogP contribution in [0.25, 0.3) is 0 Å². The molecule has 1 aromatic heterocycles. The van der Waals surface area contributed by atoms with Crippen LogP contribution >= 0.6 is 0 Å². The van der Waals surface area contributed by atoms with Crippen molar-refractivity contribution in [1.29, 1.82) is 0 Å². The Labute approximate surface area is 116 Å². The molecule has 0 unspecified atom stereocenters. The minimum absolute atomic E-state index is 0.136. The van der Waals surface area contributed by atoms with Gasteiger partial charge in [-0.3, -0.25) is 9.59 Å². The highest BCUT2D eigenvalue weighted by molar-refractivity contribution is 5.94. The van der Waals surface area contributed by atoms with E-state index in [0.717, 1.165) is 5.56 Å². The summed E-state index contributed by atoms with van der Waals surface area (Å²) in [6, 6.07) is 7.08. The van der Waals surface area contributed by atoms with Gasteiger partial charge in [0.25, 0.3) is 11.8 Å². The summed E-state index contributed by atoms with van der Waals surface area (Å²) < 4.78 is 0. The molecular formula is C13H15N5O2. The average Bonchev–Trinajstić information content (AvgIpc) is 3.00. The summed E-state index contributed by atoms with van der Waals surface area (Å²) in [5.41, 5.74) is 1.79. The van der Waals surface area contributed by atoms with Crippen molar-refractivity contribution in [3.05, 3.63) is 47.3 Å². The maximum Gasteiger partial charge on any atom is 0.276 e. The third-order valence-electron chi connectivity index (χ3n) is 2.84. The highest BCUT2D eigenvalue weighted by Crippen LogP contribution is 2.08. The topological polar surface area (TPSA) is 91.0 Å². The van der Waals surface area contributed by atoms with E-state index in [-0.39, 0.29) is 17.5 Å². The van der Waals surface area contributed by atoms with Gasteiger partial charge in [0.05, 0.1) is 6.20 Å². The molecule has 2 aromatic rings. The van der Waals surface area contributed by atoms with Crippen LogP contribution in [0.1, 0.15) is 26.4 Å². The molecule has 2 amide bonds. The van der Waals surface area contributed by atoms with Crippen molar-refractivity contribution in [3.8, 4) is 0 Å². The van der Waals surface area contributed by atoms with E-state index in [1.807, 2.05) is 12.1 Å². The summed E-state index contributed by atoms with van der Waals surface area (Å²) in [6.07, 6.45) is 1.38. The number of nitrogens with one attached hydrogen (secondary N) is 2. The lowest BCUT2D eigenvalue weighted by Gasteiger charge is -2.15. The molecule has 1 heterocycles. The second-order valence-corrected chi connectivity index (χ2v) is 4.29. The van der Waals surface area contributed by atoms with Gasteiger partial charge in [0.1, 0.15) is 0 Å². The van der Waals surface area contributed by atoms with Crippen molar-refractivity contribution in [3.63, 3.8) is 0 Å². The molecule has 0 atom stereocenters. The van der Waals surface area contributed by atoms with Gasteiger partial charge < -0.3 is 10.2 Å². The molecular weight excluding hydrogens is 258 g/mol. The molecule has 0 bridgehead atoms.